The second-order valence-electron chi connectivity index (χ2n) is 11.6. The molecule has 47 heavy (non-hydrogen) atoms. The summed E-state index contributed by atoms with van der Waals surface area (Å²) in [6.45, 7) is 46.3. The maximum atomic E-state index is 4.81. The van der Waals surface area contributed by atoms with Crippen LogP contribution in [-0.2, 0) is 4.52 Å². The van der Waals surface area contributed by atoms with Crippen LogP contribution in [0.5, 0.6) is 0 Å². The summed E-state index contributed by atoms with van der Waals surface area (Å²) in [5, 5.41) is 1.48. The predicted octanol–water partition coefficient (Wildman–Crippen LogP) is 15.4. The molecule has 0 aliphatic heterocycles. The molecule has 1 aromatic rings. The fraction of sp³-hybridized carbons (Fsp3) is 0.477. The summed E-state index contributed by atoms with van der Waals surface area (Å²) in [5.41, 5.74) is 8.62. The minimum absolute atomic E-state index is 0.0277. The monoisotopic (exact) mass is 685 g/mol. The number of hydrogen-bond acceptors (Lipinski definition) is 1. The van der Waals surface area contributed by atoms with Gasteiger partial charge in [-0.1, -0.05) is 188 Å². The highest BCUT2D eigenvalue weighted by molar-refractivity contribution is 7.64. The van der Waals surface area contributed by atoms with Gasteiger partial charge in [0.2, 0.25) is 0 Å². The third kappa shape index (κ3) is 56.5. The van der Waals surface area contributed by atoms with E-state index in [1.54, 1.807) is 19.3 Å². The van der Waals surface area contributed by atoms with E-state index in [9.17, 15) is 0 Å². The van der Waals surface area contributed by atoms with Crippen LogP contribution >= 0.6 is 16.1 Å². The molecule has 0 heterocycles. The van der Waals surface area contributed by atoms with Crippen LogP contribution in [0.3, 0.4) is 0 Å². The lowest BCUT2D eigenvalue weighted by Gasteiger charge is -2.10. The Morgan fingerprint density at radius 2 is 1.23 bits per heavy atom. The molecule has 0 bridgehead atoms. The maximum absolute atomic E-state index is 4.81. The SMILES string of the molecule is C=C/C(C)=C\C=C(C)C.C=CC=C.CC.CC.CC(C)(C)C.CCC.CCP(C)c1ccc(C2=CC=C=CC=C2)cc1.COP(C)C. The van der Waals surface area contributed by atoms with Gasteiger partial charge in [0.05, 0.1) is 0 Å². The van der Waals surface area contributed by atoms with Crippen LogP contribution in [0.1, 0.15) is 109 Å². The molecule has 0 saturated heterocycles. The average molecular weight is 685 g/mol. The van der Waals surface area contributed by atoms with E-state index in [0.29, 0.717) is 5.41 Å². The van der Waals surface area contributed by atoms with Gasteiger partial charge in [-0.3, -0.25) is 0 Å². The van der Waals surface area contributed by atoms with Crippen LogP contribution in [0.25, 0.3) is 5.57 Å². The second-order valence-corrected chi connectivity index (χ2v) is 16.1. The summed E-state index contributed by atoms with van der Waals surface area (Å²) in [4.78, 5) is 0. The van der Waals surface area contributed by atoms with Crippen LogP contribution in [0.15, 0.2) is 122 Å². The van der Waals surface area contributed by atoms with E-state index in [1.807, 2.05) is 58.9 Å². The van der Waals surface area contributed by atoms with Crippen LogP contribution in [0.4, 0.5) is 0 Å². The van der Waals surface area contributed by atoms with E-state index in [2.05, 4.69) is 156 Å². The van der Waals surface area contributed by atoms with Crippen LogP contribution in [-0.4, -0.2) is 33.3 Å². The number of allylic oxidation sites excluding steroid dienone is 12. The number of hydrogen-bond donors (Lipinski definition) is 0. The Hall–Kier alpha value is -2.26. The van der Waals surface area contributed by atoms with E-state index in [0.717, 1.165) is 0 Å². The highest BCUT2D eigenvalue weighted by atomic mass is 31.1. The molecule has 1 nitrogen and oxygen atoms in total. The van der Waals surface area contributed by atoms with Crippen LogP contribution in [0, 0.1) is 5.41 Å². The number of benzene rings is 1. The zero-order valence-electron chi connectivity index (χ0n) is 34.4. The van der Waals surface area contributed by atoms with E-state index >= 15 is 0 Å². The van der Waals surface area contributed by atoms with Crippen LogP contribution in [0.2, 0.25) is 0 Å². The van der Waals surface area contributed by atoms with Gasteiger partial charge < -0.3 is 4.52 Å². The van der Waals surface area contributed by atoms with Gasteiger partial charge in [0.15, 0.2) is 0 Å². The first-order chi connectivity index (χ1) is 22.1. The smallest absolute Gasteiger partial charge is 0.0397 e. The summed E-state index contributed by atoms with van der Waals surface area (Å²) in [7, 11) is 1.66. The molecular formula is C44H78OP2. The molecule has 0 spiro atoms. The second kappa shape index (κ2) is 43.7. The molecule has 2 rings (SSSR count). The molecular weight excluding hydrogens is 606 g/mol. The molecule has 1 atom stereocenters. The molecule has 0 saturated carbocycles. The molecule has 3 heteroatoms. The van der Waals surface area contributed by atoms with Crippen molar-refractivity contribution in [1.82, 2.24) is 0 Å². The van der Waals surface area contributed by atoms with Crippen LogP contribution < -0.4 is 5.30 Å². The topological polar surface area (TPSA) is 9.23 Å². The van der Waals surface area contributed by atoms with Gasteiger partial charge in [0.25, 0.3) is 0 Å². The largest absolute Gasteiger partial charge is 0.363 e. The zero-order valence-corrected chi connectivity index (χ0v) is 36.2. The summed E-state index contributed by atoms with van der Waals surface area (Å²) < 4.78 is 4.81. The third-order valence-electron chi connectivity index (χ3n) is 4.48. The van der Waals surface area contributed by atoms with Gasteiger partial charge in [-0.2, -0.15) is 0 Å². The average Bonchev–Trinajstić information content (AvgIpc) is 3.35. The highest BCUT2D eigenvalue weighted by Crippen LogP contribution is 2.29. The lowest BCUT2D eigenvalue weighted by Crippen LogP contribution is -2.00. The van der Waals surface area contributed by atoms with Crippen molar-refractivity contribution in [3.63, 3.8) is 0 Å². The van der Waals surface area contributed by atoms with Crippen molar-refractivity contribution < 1.29 is 4.52 Å². The first-order valence-corrected chi connectivity index (χ1v) is 21.2. The quantitative estimate of drug-likeness (QED) is 0.158. The Balaban J connectivity index is -0.000000119. The molecule has 0 amide bonds. The molecule has 1 aromatic carbocycles. The van der Waals surface area contributed by atoms with Crippen molar-refractivity contribution in [1.29, 1.82) is 0 Å². The highest BCUT2D eigenvalue weighted by Gasteiger charge is 2.03. The molecule has 1 aliphatic rings. The Kier molecular flexibility index (Phi) is 53.1. The molecule has 0 aromatic heterocycles. The van der Waals surface area contributed by atoms with Gasteiger partial charge in [-0.25, -0.2) is 0 Å². The van der Waals surface area contributed by atoms with E-state index < -0.39 is 0 Å². The third-order valence-corrected chi connectivity index (χ3v) is 7.34. The van der Waals surface area contributed by atoms with Gasteiger partial charge in [-0.15, -0.1) is 5.73 Å². The fourth-order valence-corrected chi connectivity index (χ4v) is 3.13. The molecule has 0 radical (unpaired) electrons. The lowest BCUT2D eigenvalue weighted by atomic mass is 10.0. The summed E-state index contributed by atoms with van der Waals surface area (Å²) in [6, 6.07) is 8.97. The molecule has 1 aliphatic carbocycles. The minimum Gasteiger partial charge on any atom is -0.363 e. The summed E-state index contributed by atoms with van der Waals surface area (Å²) in [5.74, 6) is 0. The van der Waals surface area contributed by atoms with Crippen molar-refractivity contribution in [2.24, 2.45) is 5.41 Å². The zero-order chi connectivity index (χ0) is 38.3. The molecule has 1 unspecified atom stereocenters. The van der Waals surface area contributed by atoms with Gasteiger partial charge in [0, 0.05) is 15.3 Å². The van der Waals surface area contributed by atoms with Crippen molar-refractivity contribution >= 4 is 26.9 Å². The first-order valence-electron chi connectivity index (χ1n) is 17.1. The molecule has 270 valence electrons. The van der Waals surface area contributed by atoms with Crippen molar-refractivity contribution in [3.05, 3.63) is 127 Å². The van der Waals surface area contributed by atoms with E-state index in [1.165, 1.54) is 40.2 Å². The lowest BCUT2D eigenvalue weighted by molar-refractivity contribution is 0.468. The fourth-order valence-electron chi connectivity index (χ4n) is 2.11. The summed E-state index contributed by atoms with van der Waals surface area (Å²) >= 11 is 0. The Morgan fingerprint density at radius 3 is 1.55 bits per heavy atom. The Labute approximate surface area is 299 Å². The Morgan fingerprint density at radius 1 is 0.809 bits per heavy atom. The van der Waals surface area contributed by atoms with Crippen molar-refractivity contribution in [3.8, 4) is 0 Å². The van der Waals surface area contributed by atoms with E-state index in [-0.39, 0.29) is 16.1 Å². The predicted molar refractivity (Wildman–Crippen MR) is 233 cm³/mol. The first kappa shape index (κ1) is 57.0. The maximum Gasteiger partial charge on any atom is 0.0397 e. The van der Waals surface area contributed by atoms with Crippen molar-refractivity contribution in [2.75, 3.05) is 33.3 Å². The normalized spacial score (nSPS) is 11.0. The van der Waals surface area contributed by atoms with Crippen molar-refractivity contribution in [2.45, 2.75) is 103 Å². The minimum atomic E-state index is -0.0983. The molecule has 0 fully saturated rings. The van der Waals surface area contributed by atoms with E-state index in [4.69, 9.17) is 4.52 Å². The molecule has 0 N–H and O–H groups in total. The Bertz CT molecular complexity index is 1000. The van der Waals surface area contributed by atoms with Gasteiger partial charge >= 0.3 is 0 Å². The summed E-state index contributed by atoms with van der Waals surface area (Å²) in [6.07, 6.45) is 21.9. The standard InChI is InChI=1S/C16H17P.C9H14.C5H12.C4H6.C3H9OP.C3H8.2C2H6/c1-3-17(2)16-12-10-15(11-13-16)14-8-6-4-5-7-9-14;1-5-9(4)7-6-8(2)3;1-5(2,3)4;1-3-4-2;1-4-5(2)3;1-3-2;2*1-2/h4,6-13H,3H2,1-2H3;5-7H,1H2,2-4H3;1-4H3;3-4H,1-2H2;1-3H3;3H2,1-2H3;2*1-2H3/b;9-7-;;;;;;. The van der Waals surface area contributed by atoms with Gasteiger partial charge in [0.1, 0.15) is 0 Å². The number of rotatable bonds is 7. The van der Waals surface area contributed by atoms with Gasteiger partial charge in [-0.05, 0) is 87.0 Å².